The van der Waals surface area contributed by atoms with Gasteiger partial charge in [-0.2, -0.15) is 0 Å². The lowest BCUT2D eigenvalue weighted by Crippen LogP contribution is -2.44. The Morgan fingerprint density at radius 3 is 2.22 bits per heavy atom. The topological polar surface area (TPSA) is 92.6 Å². The highest BCUT2D eigenvalue weighted by atomic mass is 32.2. The van der Waals surface area contributed by atoms with Crippen LogP contribution in [0.4, 0.5) is 20.2 Å². The van der Waals surface area contributed by atoms with E-state index >= 15 is 0 Å². The molecule has 0 spiro atoms. The average Bonchev–Trinajstić information content (AvgIpc) is 2.62. The van der Waals surface area contributed by atoms with Gasteiger partial charge in [0.1, 0.15) is 17.3 Å². The van der Waals surface area contributed by atoms with Gasteiger partial charge in [0.05, 0.1) is 9.82 Å². The molecule has 0 atom stereocenters. The molecule has 0 aliphatic carbocycles. The summed E-state index contributed by atoms with van der Waals surface area (Å²) in [5, 5.41) is 11.1. The van der Waals surface area contributed by atoms with E-state index in [9.17, 15) is 27.3 Å². The molecule has 3 rings (SSSR count). The highest BCUT2D eigenvalue weighted by Gasteiger charge is 2.28. The number of nitro groups is 1. The highest BCUT2D eigenvalue weighted by molar-refractivity contribution is 7.89. The summed E-state index contributed by atoms with van der Waals surface area (Å²) in [6, 6.07) is 7.40. The molecule has 27 heavy (non-hydrogen) atoms. The van der Waals surface area contributed by atoms with Gasteiger partial charge in [-0.15, -0.1) is 0 Å². The summed E-state index contributed by atoms with van der Waals surface area (Å²) in [6.07, 6.45) is 0.794. The zero-order chi connectivity index (χ0) is 19.6. The number of nitrogens with zero attached hydrogens (tertiary/aromatic N) is 2. The zero-order valence-electron chi connectivity index (χ0n) is 14.1. The fourth-order valence-electron chi connectivity index (χ4n) is 3.04. The minimum absolute atomic E-state index is 0.0351. The molecule has 1 saturated heterocycles. The normalized spacial score (nSPS) is 15.7. The van der Waals surface area contributed by atoms with Crippen molar-refractivity contribution in [2.24, 2.45) is 0 Å². The van der Waals surface area contributed by atoms with E-state index in [-0.39, 0.29) is 22.3 Å². The van der Waals surface area contributed by atoms with Crippen LogP contribution < -0.4 is 9.62 Å². The number of hydrogen-bond acceptors (Lipinski definition) is 5. The summed E-state index contributed by atoms with van der Waals surface area (Å²) in [5.74, 6) is -1.10. The van der Waals surface area contributed by atoms with Crippen LogP contribution in [0.5, 0.6) is 0 Å². The minimum atomic E-state index is -3.79. The Bertz CT molecular complexity index is 943. The van der Waals surface area contributed by atoms with Gasteiger partial charge in [0.15, 0.2) is 0 Å². The molecule has 0 amide bonds. The van der Waals surface area contributed by atoms with E-state index in [0.717, 1.165) is 30.3 Å². The predicted molar refractivity (Wildman–Crippen MR) is 95.0 cm³/mol. The molecular formula is C17H17F2N3O4S. The van der Waals surface area contributed by atoms with Gasteiger partial charge in [-0.3, -0.25) is 10.1 Å². The Labute approximate surface area is 154 Å². The lowest BCUT2D eigenvalue weighted by atomic mass is 10.0. The number of anilines is 1. The summed E-state index contributed by atoms with van der Waals surface area (Å²) in [5.41, 5.74) is -0.0124. The predicted octanol–water partition coefficient (Wildman–Crippen LogP) is 2.82. The number of rotatable bonds is 5. The van der Waals surface area contributed by atoms with E-state index in [1.165, 1.54) is 12.1 Å². The number of nitro benzene ring substituents is 1. The first-order valence-corrected chi connectivity index (χ1v) is 9.71. The zero-order valence-corrected chi connectivity index (χ0v) is 15.0. The molecule has 0 aromatic heterocycles. The molecule has 0 bridgehead atoms. The van der Waals surface area contributed by atoms with Crippen molar-refractivity contribution < 1.29 is 22.1 Å². The first-order valence-electron chi connectivity index (χ1n) is 8.23. The van der Waals surface area contributed by atoms with Crippen molar-refractivity contribution in [3.63, 3.8) is 0 Å². The molecule has 2 aromatic rings. The van der Waals surface area contributed by atoms with Crippen molar-refractivity contribution in [3.05, 3.63) is 64.2 Å². The third-order valence-corrected chi connectivity index (χ3v) is 5.95. The van der Waals surface area contributed by atoms with Crippen LogP contribution in [0.25, 0.3) is 0 Å². The Kier molecular flexibility index (Phi) is 5.38. The maximum atomic E-state index is 13.5. The third-order valence-electron chi connectivity index (χ3n) is 4.42. The smallest absolute Gasteiger partial charge is 0.292 e. The van der Waals surface area contributed by atoms with Crippen molar-refractivity contribution in [2.45, 2.75) is 23.8 Å². The van der Waals surface area contributed by atoms with E-state index < -0.39 is 26.6 Å². The molecule has 2 aromatic carbocycles. The van der Waals surface area contributed by atoms with Crippen LogP contribution in [0, 0.1) is 21.7 Å². The Balaban J connectivity index is 1.68. The molecule has 1 aliphatic rings. The van der Waals surface area contributed by atoms with E-state index in [1.54, 1.807) is 4.90 Å². The minimum Gasteiger partial charge on any atom is -0.366 e. The second-order valence-electron chi connectivity index (χ2n) is 6.23. The molecule has 1 heterocycles. The lowest BCUT2D eigenvalue weighted by Gasteiger charge is -2.33. The molecule has 10 heteroatoms. The summed E-state index contributed by atoms with van der Waals surface area (Å²) in [6.45, 7) is 0.668. The first-order chi connectivity index (χ1) is 12.8. The van der Waals surface area contributed by atoms with E-state index in [4.69, 9.17) is 0 Å². The van der Waals surface area contributed by atoms with Crippen LogP contribution in [-0.2, 0) is 10.0 Å². The average molecular weight is 397 g/mol. The van der Waals surface area contributed by atoms with Crippen LogP contribution in [0.2, 0.25) is 0 Å². The number of sulfonamides is 1. The Morgan fingerprint density at radius 1 is 1.04 bits per heavy atom. The Morgan fingerprint density at radius 2 is 1.63 bits per heavy atom. The maximum Gasteiger partial charge on any atom is 0.292 e. The number of benzene rings is 2. The number of halogens is 2. The van der Waals surface area contributed by atoms with Crippen molar-refractivity contribution in [1.82, 2.24) is 4.72 Å². The fraction of sp³-hybridized carbons (Fsp3) is 0.294. The van der Waals surface area contributed by atoms with Crippen molar-refractivity contribution in [1.29, 1.82) is 0 Å². The van der Waals surface area contributed by atoms with Crippen molar-refractivity contribution in [2.75, 3.05) is 18.0 Å². The van der Waals surface area contributed by atoms with Crippen LogP contribution in [0.15, 0.2) is 47.4 Å². The van der Waals surface area contributed by atoms with Crippen molar-refractivity contribution in [3.8, 4) is 0 Å². The summed E-state index contributed by atoms with van der Waals surface area (Å²) >= 11 is 0. The summed E-state index contributed by atoms with van der Waals surface area (Å²) in [7, 11) is -3.79. The molecule has 0 saturated carbocycles. The number of piperidine rings is 1. The van der Waals surface area contributed by atoms with Crippen LogP contribution >= 0.6 is 0 Å². The molecule has 0 radical (unpaired) electrons. The molecule has 7 nitrogen and oxygen atoms in total. The number of hydrogen-bond donors (Lipinski definition) is 1. The van der Waals surface area contributed by atoms with Gasteiger partial charge >= 0.3 is 0 Å². The largest absolute Gasteiger partial charge is 0.366 e. The van der Waals surface area contributed by atoms with Gasteiger partial charge in [0, 0.05) is 31.3 Å². The van der Waals surface area contributed by atoms with Crippen LogP contribution in [-0.4, -0.2) is 32.5 Å². The quantitative estimate of drug-likeness (QED) is 0.619. The monoisotopic (exact) mass is 397 g/mol. The van der Waals surface area contributed by atoms with E-state index in [0.29, 0.717) is 25.9 Å². The van der Waals surface area contributed by atoms with E-state index in [1.807, 2.05) is 0 Å². The lowest BCUT2D eigenvalue weighted by molar-refractivity contribution is -0.384. The van der Waals surface area contributed by atoms with Gasteiger partial charge in [0.2, 0.25) is 10.0 Å². The third kappa shape index (κ3) is 4.40. The molecule has 144 valence electrons. The second kappa shape index (κ2) is 7.57. The van der Waals surface area contributed by atoms with Gasteiger partial charge in [-0.05, 0) is 43.2 Å². The van der Waals surface area contributed by atoms with Crippen LogP contribution in [0.1, 0.15) is 12.8 Å². The van der Waals surface area contributed by atoms with Gasteiger partial charge < -0.3 is 4.90 Å². The van der Waals surface area contributed by atoms with Crippen LogP contribution in [0.3, 0.4) is 0 Å². The molecule has 1 fully saturated rings. The number of nitrogens with one attached hydrogen (secondary N) is 1. The molecule has 1 N–H and O–H groups in total. The second-order valence-corrected chi connectivity index (χ2v) is 7.94. The first kappa shape index (κ1) is 19.2. The Hall–Kier alpha value is -2.59. The highest BCUT2D eigenvalue weighted by Crippen LogP contribution is 2.31. The fourth-order valence-corrected chi connectivity index (χ4v) is 4.35. The molecular weight excluding hydrogens is 380 g/mol. The summed E-state index contributed by atoms with van der Waals surface area (Å²) in [4.78, 5) is 12.2. The maximum absolute atomic E-state index is 13.5. The van der Waals surface area contributed by atoms with Gasteiger partial charge in [0.25, 0.3) is 5.69 Å². The standard InChI is InChI=1S/C17H17F2N3O4S/c18-12-1-4-15(5-2-12)27(25,26)20-14-7-9-21(10-8-14)17-11-13(19)3-6-16(17)22(23)24/h1-6,11,14,20H,7-10H2. The summed E-state index contributed by atoms with van der Waals surface area (Å²) < 4.78 is 53.8. The molecule has 1 aliphatic heterocycles. The van der Waals surface area contributed by atoms with Gasteiger partial charge in [-0.25, -0.2) is 21.9 Å². The van der Waals surface area contributed by atoms with Crippen molar-refractivity contribution >= 4 is 21.4 Å². The van der Waals surface area contributed by atoms with E-state index in [2.05, 4.69) is 4.72 Å². The SMILES string of the molecule is O=[N+]([O-])c1ccc(F)cc1N1CCC(NS(=O)(=O)c2ccc(F)cc2)CC1. The molecule has 0 unspecified atom stereocenters. The van der Waals surface area contributed by atoms with Gasteiger partial charge in [-0.1, -0.05) is 0 Å².